The molecule has 0 spiro atoms. The number of hydrogen-bond acceptors (Lipinski definition) is 1. The molecule has 0 saturated heterocycles. The Balaban J connectivity index is 2.97. The van der Waals surface area contributed by atoms with Crippen molar-refractivity contribution in [2.75, 3.05) is 5.75 Å². The van der Waals surface area contributed by atoms with Gasteiger partial charge in [-0.2, -0.15) is 11.8 Å². The van der Waals surface area contributed by atoms with Crippen LogP contribution in [0.2, 0.25) is 0 Å². The zero-order valence-electron chi connectivity index (χ0n) is 20.7. The summed E-state index contributed by atoms with van der Waals surface area (Å²) < 4.78 is 0. The number of hydrogen-bond donors (Lipinski definition) is 0. The minimum absolute atomic E-state index is 1.33. The molecule has 0 bridgehead atoms. The Kier molecular flexibility index (Phi) is 28.7. The van der Waals surface area contributed by atoms with Gasteiger partial charge >= 0.3 is 0 Å². The predicted molar refractivity (Wildman–Crippen MR) is 139 cm³/mol. The molecule has 0 rings (SSSR count). The summed E-state index contributed by atoms with van der Waals surface area (Å²) in [6.07, 6.45) is 34.8. The van der Waals surface area contributed by atoms with Crippen LogP contribution in [-0.2, 0) is 0 Å². The maximum absolute atomic E-state index is 2.49. The number of thioether (sulfide) groups is 1. The molecule has 29 heavy (non-hydrogen) atoms. The topological polar surface area (TPSA) is 0 Å². The average molecular weight is 426 g/mol. The lowest BCUT2D eigenvalue weighted by atomic mass is 10.0. The third-order valence-electron chi connectivity index (χ3n) is 6.16. The Morgan fingerprint density at radius 1 is 0.379 bits per heavy atom. The van der Waals surface area contributed by atoms with E-state index in [2.05, 4.69) is 31.4 Å². The van der Waals surface area contributed by atoms with Gasteiger partial charge in [-0.05, 0) is 18.6 Å². The summed E-state index contributed by atoms with van der Waals surface area (Å²) in [5.41, 5.74) is 0. The zero-order chi connectivity index (χ0) is 21.1. The van der Waals surface area contributed by atoms with Crippen molar-refractivity contribution in [1.82, 2.24) is 0 Å². The monoisotopic (exact) mass is 425 g/mol. The van der Waals surface area contributed by atoms with Crippen molar-refractivity contribution in [3.63, 3.8) is 0 Å². The lowest BCUT2D eigenvalue weighted by Gasteiger charge is -2.04. The molecule has 0 N–H and O–H groups in total. The van der Waals surface area contributed by atoms with Crippen LogP contribution in [0.3, 0.4) is 0 Å². The molecule has 0 aliphatic carbocycles. The van der Waals surface area contributed by atoms with E-state index in [0.717, 1.165) is 0 Å². The summed E-state index contributed by atoms with van der Waals surface area (Å²) in [5, 5.41) is 0. The highest BCUT2D eigenvalue weighted by Crippen LogP contribution is 2.18. The first-order chi connectivity index (χ1) is 14.4. The molecule has 0 unspecified atom stereocenters. The molecule has 0 aliphatic rings. The molecule has 0 aliphatic heterocycles. The van der Waals surface area contributed by atoms with Crippen molar-refractivity contribution in [2.45, 2.75) is 168 Å². The van der Waals surface area contributed by atoms with Gasteiger partial charge < -0.3 is 0 Å². The molecule has 1 radical (unpaired) electrons. The SMILES string of the molecule is CCCCCCCCCCCCCCCCC[CH]SCCCCCCCCCC. The van der Waals surface area contributed by atoms with Crippen LogP contribution in [0.5, 0.6) is 0 Å². The summed E-state index contributed by atoms with van der Waals surface area (Å²) in [5.74, 6) is 3.84. The molecular formula is C28H57S. The van der Waals surface area contributed by atoms with Crippen molar-refractivity contribution in [1.29, 1.82) is 0 Å². The third-order valence-corrected chi connectivity index (χ3v) is 7.15. The van der Waals surface area contributed by atoms with E-state index in [1.54, 1.807) is 0 Å². The summed E-state index contributed by atoms with van der Waals surface area (Å²) in [4.78, 5) is 0. The van der Waals surface area contributed by atoms with Crippen LogP contribution < -0.4 is 0 Å². The largest absolute Gasteiger partial charge is 0.157 e. The third kappa shape index (κ3) is 28.4. The van der Waals surface area contributed by atoms with E-state index < -0.39 is 0 Å². The van der Waals surface area contributed by atoms with Crippen LogP contribution in [0.4, 0.5) is 0 Å². The van der Waals surface area contributed by atoms with Gasteiger partial charge in [-0.15, -0.1) is 0 Å². The Morgan fingerprint density at radius 3 is 1.07 bits per heavy atom. The van der Waals surface area contributed by atoms with Gasteiger partial charge in [0.05, 0.1) is 0 Å². The van der Waals surface area contributed by atoms with Crippen molar-refractivity contribution >= 4 is 11.8 Å². The Hall–Kier alpha value is 0.350. The first-order valence-electron chi connectivity index (χ1n) is 13.8. The van der Waals surface area contributed by atoms with Crippen LogP contribution in [0.25, 0.3) is 0 Å². The second kappa shape index (κ2) is 28.4. The summed E-state index contributed by atoms with van der Waals surface area (Å²) in [6, 6.07) is 0. The molecule has 0 amide bonds. The smallest absolute Gasteiger partial charge is 0.0166 e. The van der Waals surface area contributed by atoms with Gasteiger partial charge in [-0.1, -0.05) is 155 Å². The first-order valence-corrected chi connectivity index (χ1v) is 14.9. The lowest BCUT2D eigenvalue weighted by molar-refractivity contribution is 0.532. The van der Waals surface area contributed by atoms with Crippen molar-refractivity contribution in [3.8, 4) is 0 Å². The van der Waals surface area contributed by atoms with Crippen LogP contribution in [0, 0.1) is 5.75 Å². The Morgan fingerprint density at radius 2 is 0.690 bits per heavy atom. The first kappa shape index (κ1) is 29.4. The van der Waals surface area contributed by atoms with Gasteiger partial charge in [0.15, 0.2) is 0 Å². The second-order valence-electron chi connectivity index (χ2n) is 9.25. The van der Waals surface area contributed by atoms with Gasteiger partial charge in [0.2, 0.25) is 0 Å². The number of unbranched alkanes of at least 4 members (excludes halogenated alkanes) is 22. The highest BCUT2D eigenvalue weighted by molar-refractivity contribution is 8.01. The normalized spacial score (nSPS) is 11.4. The molecule has 0 aromatic rings. The lowest BCUT2D eigenvalue weighted by Crippen LogP contribution is -1.85. The van der Waals surface area contributed by atoms with E-state index in [1.165, 1.54) is 160 Å². The molecular weight excluding hydrogens is 368 g/mol. The van der Waals surface area contributed by atoms with Crippen molar-refractivity contribution in [2.24, 2.45) is 0 Å². The summed E-state index contributed by atoms with van der Waals surface area (Å²) in [6.45, 7) is 4.60. The molecule has 0 aromatic heterocycles. The minimum Gasteiger partial charge on any atom is -0.157 e. The maximum atomic E-state index is 2.49. The molecule has 175 valence electrons. The van der Waals surface area contributed by atoms with E-state index in [0.29, 0.717) is 0 Å². The fourth-order valence-corrected chi connectivity index (χ4v) is 4.96. The standard InChI is InChI=1S/C28H57S/c1-3-5-7-9-11-13-14-15-16-17-18-19-20-22-24-26-28-29-27-25-23-21-12-10-8-6-4-2/h28H,3-27H2,1-2H3. The minimum atomic E-state index is 1.33. The molecule has 0 heterocycles. The summed E-state index contributed by atoms with van der Waals surface area (Å²) in [7, 11) is 0. The van der Waals surface area contributed by atoms with E-state index >= 15 is 0 Å². The van der Waals surface area contributed by atoms with Crippen LogP contribution in [-0.4, -0.2) is 5.75 Å². The highest BCUT2D eigenvalue weighted by Gasteiger charge is 1.96. The van der Waals surface area contributed by atoms with Crippen LogP contribution >= 0.6 is 11.8 Å². The summed E-state index contributed by atoms with van der Waals surface area (Å²) >= 11 is 2.09. The highest BCUT2D eigenvalue weighted by atomic mass is 32.2. The molecule has 1 heteroatoms. The van der Waals surface area contributed by atoms with Crippen molar-refractivity contribution < 1.29 is 0 Å². The van der Waals surface area contributed by atoms with Gasteiger partial charge in [0.25, 0.3) is 0 Å². The quantitative estimate of drug-likeness (QED) is 0.124. The van der Waals surface area contributed by atoms with E-state index in [-0.39, 0.29) is 0 Å². The van der Waals surface area contributed by atoms with Crippen molar-refractivity contribution in [3.05, 3.63) is 5.75 Å². The van der Waals surface area contributed by atoms with Gasteiger partial charge in [-0.25, -0.2) is 0 Å². The van der Waals surface area contributed by atoms with E-state index in [9.17, 15) is 0 Å². The molecule has 0 fully saturated rings. The fraction of sp³-hybridized carbons (Fsp3) is 0.964. The predicted octanol–water partition coefficient (Wildman–Crippen LogP) is 11.3. The second-order valence-corrected chi connectivity index (χ2v) is 10.3. The molecule has 0 nitrogen and oxygen atoms in total. The van der Waals surface area contributed by atoms with Gasteiger partial charge in [0, 0.05) is 5.75 Å². The van der Waals surface area contributed by atoms with Gasteiger partial charge in [0.1, 0.15) is 0 Å². The van der Waals surface area contributed by atoms with E-state index in [4.69, 9.17) is 0 Å². The Bertz CT molecular complexity index is 237. The molecule has 0 aromatic carbocycles. The number of rotatable bonds is 26. The zero-order valence-corrected chi connectivity index (χ0v) is 21.5. The van der Waals surface area contributed by atoms with Gasteiger partial charge in [-0.3, -0.25) is 0 Å². The fourth-order valence-electron chi connectivity index (χ4n) is 4.08. The molecule has 0 saturated carbocycles. The van der Waals surface area contributed by atoms with Crippen LogP contribution in [0.1, 0.15) is 168 Å². The molecule has 0 atom stereocenters. The Labute approximate surface area is 191 Å². The van der Waals surface area contributed by atoms with Crippen LogP contribution in [0.15, 0.2) is 0 Å². The average Bonchev–Trinajstić information content (AvgIpc) is 2.74. The van der Waals surface area contributed by atoms with E-state index in [1.807, 2.05) is 0 Å². The maximum Gasteiger partial charge on any atom is 0.0166 e.